The van der Waals surface area contributed by atoms with E-state index in [4.69, 9.17) is 4.74 Å². The molecular formula is C20H25N3O2. The summed E-state index contributed by atoms with van der Waals surface area (Å²) in [5.41, 5.74) is 0.731. The number of pyridine rings is 1. The van der Waals surface area contributed by atoms with Crippen molar-refractivity contribution in [3.8, 4) is 0 Å². The molecule has 25 heavy (non-hydrogen) atoms. The lowest BCUT2D eigenvalue weighted by atomic mass is 9.77. The first kappa shape index (κ1) is 16.5. The van der Waals surface area contributed by atoms with Crippen molar-refractivity contribution in [2.45, 2.75) is 24.8 Å². The van der Waals surface area contributed by atoms with Crippen molar-refractivity contribution in [3.63, 3.8) is 0 Å². The van der Waals surface area contributed by atoms with E-state index < -0.39 is 0 Å². The minimum absolute atomic E-state index is 0.0643. The molecular weight excluding hydrogens is 314 g/mol. The number of ether oxygens (including phenoxy) is 1. The highest BCUT2D eigenvalue weighted by atomic mass is 16.5. The van der Waals surface area contributed by atoms with E-state index in [0.717, 1.165) is 50.0 Å². The van der Waals surface area contributed by atoms with Crippen LogP contribution in [-0.4, -0.2) is 66.1 Å². The fraction of sp³-hybridized carbons (Fsp3) is 0.500. The highest BCUT2D eigenvalue weighted by Crippen LogP contribution is 2.38. The Labute approximate surface area is 148 Å². The highest BCUT2D eigenvalue weighted by molar-refractivity contribution is 6.05. The van der Waals surface area contributed by atoms with E-state index in [9.17, 15) is 4.79 Å². The minimum atomic E-state index is 0.0643. The third-order valence-corrected chi connectivity index (χ3v) is 5.80. The summed E-state index contributed by atoms with van der Waals surface area (Å²) in [6.45, 7) is 4.44. The van der Waals surface area contributed by atoms with E-state index >= 15 is 0 Å². The fourth-order valence-corrected chi connectivity index (χ4v) is 4.32. The number of aromatic nitrogens is 1. The van der Waals surface area contributed by atoms with Gasteiger partial charge in [0.05, 0.1) is 6.61 Å². The van der Waals surface area contributed by atoms with E-state index in [-0.39, 0.29) is 11.4 Å². The van der Waals surface area contributed by atoms with Gasteiger partial charge in [0.2, 0.25) is 0 Å². The van der Waals surface area contributed by atoms with Gasteiger partial charge in [-0.15, -0.1) is 0 Å². The first-order valence-corrected chi connectivity index (χ1v) is 9.10. The predicted octanol–water partition coefficient (Wildman–Crippen LogP) is 2.56. The number of hydrogen-bond donors (Lipinski definition) is 0. The topological polar surface area (TPSA) is 45.7 Å². The standard InChI is InChI=1S/C20H25N3O2/c1-25-14-13-23-12-9-20(23)8-4-11-22(15-20)19(24)18-17-6-3-2-5-16(17)7-10-21-18/h2-3,5-7,10H,4,8-9,11-15H2,1H3. The number of likely N-dealkylation sites (tertiary alicyclic amines) is 2. The molecule has 1 atom stereocenters. The van der Waals surface area contributed by atoms with Crippen LogP contribution in [-0.2, 0) is 4.74 Å². The lowest BCUT2D eigenvalue weighted by molar-refractivity contribution is -0.0679. The van der Waals surface area contributed by atoms with Crippen LogP contribution < -0.4 is 0 Å². The van der Waals surface area contributed by atoms with Gasteiger partial charge >= 0.3 is 0 Å². The molecule has 5 heteroatoms. The van der Waals surface area contributed by atoms with Crippen LogP contribution >= 0.6 is 0 Å². The van der Waals surface area contributed by atoms with Crippen LogP contribution in [0.15, 0.2) is 36.5 Å². The molecule has 0 aliphatic carbocycles. The van der Waals surface area contributed by atoms with Gasteiger partial charge in [0, 0.05) is 50.4 Å². The number of nitrogens with zero attached hydrogens (tertiary/aromatic N) is 3. The van der Waals surface area contributed by atoms with Gasteiger partial charge in [-0.1, -0.05) is 24.3 Å². The zero-order valence-corrected chi connectivity index (χ0v) is 14.8. The van der Waals surface area contributed by atoms with Crippen LogP contribution in [0.1, 0.15) is 29.8 Å². The molecule has 2 fully saturated rings. The SMILES string of the molecule is COCCN1CCC12CCCN(C(=O)c1nccc3ccccc13)C2. The number of carbonyl (C=O) groups excluding carboxylic acids is 1. The monoisotopic (exact) mass is 339 g/mol. The molecule has 2 aliphatic heterocycles. The molecule has 132 valence electrons. The fourth-order valence-electron chi connectivity index (χ4n) is 4.32. The van der Waals surface area contributed by atoms with E-state index in [2.05, 4.69) is 9.88 Å². The Morgan fingerprint density at radius 1 is 1.24 bits per heavy atom. The van der Waals surface area contributed by atoms with E-state index in [1.54, 1.807) is 13.3 Å². The molecule has 2 aromatic rings. The molecule has 5 nitrogen and oxygen atoms in total. The van der Waals surface area contributed by atoms with Crippen LogP contribution in [0.25, 0.3) is 10.8 Å². The summed E-state index contributed by atoms with van der Waals surface area (Å²) in [7, 11) is 1.75. The molecule has 1 aromatic carbocycles. The summed E-state index contributed by atoms with van der Waals surface area (Å²) in [4.78, 5) is 22.1. The number of methoxy groups -OCH3 is 1. The third-order valence-electron chi connectivity index (χ3n) is 5.80. The van der Waals surface area contributed by atoms with Crippen LogP contribution in [0.3, 0.4) is 0 Å². The third kappa shape index (κ3) is 2.92. The molecule has 1 spiro atoms. The molecule has 4 rings (SSSR count). The summed E-state index contributed by atoms with van der Waals surface area (Å²) in [6.07, 6.45) is 5.14. The molecule has 2 saturated heterocycles. The normalized spacial score (nSPS) is 23.8. The van der Waals surface area contributed by atoms with Gasteiger partial charge in [-0.3, -0.25) is 14.7 Å². The Kier molecular flexibility index (Phi) is 4.44. The summed E-state index contributed by atoms with van der Waals surface area (Å²) in [5.74, 6) is 0.0643. The summed E-state index contributed by atoms with van der Waals surface area (Å²) in [5, 5.41) is 2.01. The van der Waals surface area contributed by atoms with Crippen molar-refractivity contribution < 1.29 is 9.53 Å². The maximum absolute atomic E-state index is 13.2. The second-order valence-corrected chi connectivity index (χ2v) is 7.17. The van der Waals surface area contributed by atoms with Crippen LogP contribution in [0.4, 0.5) is 0 Å². The highest BCUT2D eigenvalue weighted by Gasteiger charge is 2.47. The number of benzene rings is 1. The Bertz CT molecular complexity index is 773. The number of fused-ring (bicyclic) bond motifs is 1. The second-order valence-electron chi connectivity index (χ2n) is 7.17. The first-order valence-electron chi connectivity index (χ1n) is 9.10. The number of rotatable bonds is 4. The molecule has 0 saturated carbocycles. The van der Waals surface area contributed by atoms with Crippen molar-refractivity contribution in [2.75, 3.05) is 39.9 Å². The van der Waals surface area contributed by atoms with Crippen molar-refractivity contribution in [1.82, 2.24) is 14.8 Å². The Morgan fingerprint density at radius 3 is 2.92 bits per heavy atom. The average Bonchev–Trinajstić information content (AvgIpc) is 2.66. The van der Waals surface area contributed by atoms with Crippen molar-refractivity contribution >= 4 is 16.7 Å². The minimum Gasteiger partial charge on any atom is -0.383 e. The van der Waals surface area contributed by atoms with Crippen LogP contribution in [0.2, 0.25) is 0 Å². The molecule has 0 N–H and O–H groups in total. The number of piperidine rings is 1. The summed E-state index contributed by atoms with van der Waals surface area (Å²) >= 11 is 0. The van der Waals surface area contributed by atoms with Gasteiger partial charge in [-0.2, -0.15) is 0 Å². The van der Waals surface area contributed by atoms with Crippen LogP contribution in [0, 0.1) is 0 Å². The van der Waals surface area contributed by atoms with Gasteiger partial charge in [-0.25, -0.2) is 0 Å². The average molecular weight is 339 g/mol. The van der Waals surface area contributed by atoms with E-state index in [1.165, 1.54) is 12.8 Å². The molecule has 0 bridgehead atoms. The van der Waals surface area contributed by atoms with Gasteiger partial charge in [0.15, 0.2) is 0 Å². The maximum atomic E-state index is 13.2. The summed E-state index contributed by atoms with van der Waals surface area (Å²) < 4.78 is 5.24. The largest absolute Gasteiger partial charge is 0.383 e. The number of carbonyl (C=O) groups is 1. The van der Waals surface area contributed by atoms with E-state index in [1.807, 2.05) is 35.2 Å². The van der Waals surface area contributed by atoms with Gasteiger partial charge in [0.25, 0.3) is 5.91 Å². The number of amides is 1. The Morgan fingerprint density at radius 2 is 2.12 bits per heavy atom. The lowest BCUT2D eigenvalue weighted by Crippen LogP contribution is -2.67. The van der Waals surface area contributed by atoms with Crippen molar-refractivity contribution in [1.29, 1.82) is 0 Å². The van der Waals surface area contributed by atoms with Gasteiger partial charge < -0.3 is 9.64 Å². The quantitative estimate of drug-likeness (QED) is 0.859. The molecule has 3 heterocycles. The first-order chi connectivity index (χ1) is 12.2. The smallest absolute Gasteiger partial charge is 0.273 e. The molecule has 1 amide bonds. The van der Waals surface area contributed by atoms with Crippen molar-refractivity contribution in [2.24, 2.45) is 0 Å². The van der Waals surface area contributed by atoms with Crippen molar-refractivity contribution in [3.05, 3.63) is 42.2 Å². The second kappa shape index (κ2) is 6.73. The predicted molar refractivity (Wildman–Crippen MR) is 97.7 cm³/mol. The maximum Gasteiger partial charge on any atom is 0.273 e. The lowest BCUT2D eigenvalue weighted by Gasteiger charge is -2.57. The zero-order chi connectivity index (χ0) is 17.3. The molecule has 2 aliphatic rings. The van der Waals surface area contributed by atoms with Gasteiger partial charge in [0.1, 0.15) is 5.69 Å². The van der Waals surface area contributed by atoms with Crippen LogP contribution in [0.5, 0.6) is 0 Å². The Hall–Kier alpha value is -1.98. The molecule has 1 unspecified atom stereocenters. The molecule has 1 aromatic heterocycles. The Balaban J connectivity index is 1.56. The van der Waals surface area contributed by atoms with Gasteiger partial charge in [-0.05, 0) is 30.7 Å². The number of hydrogen-bond acceptors (Lipinski definition) is 4. The van der Waals surface area contributed by atoms with E-state index in [0.29, 0.717) is 5.69 Å². The molecule has 0 radical (unpaired) electrons. The summed E-state index contributed by atoms with van der Waals surface area (Å²) in [6, 6.07) is 9.95. The zero-order valence-electron chi connectivity index (χ0n) is 14.8.